The summed E-state index contributed by atoms with van der Waals surface area (Å²) < 4.78 is 0. The number of amides is 3. The quantitative estimate of drug-likeness (QED) is 0.861. The molecule has 1 atom stereocenters. The number of hydrogen-bond acceptors (Lipinski definition) is 4. The van der Waals surface area contributed by atoms with E-state index in [1.54, 1.807) is 16.7 Å². The summed E-state index contributed by atoms with van der Waals surface area (Å²) in [6.07, 6.45) is 1.51. The van der Waals surface area contributed by atoms with Gasteiger partial charge in [-0.05, 0) is 25.3 Å². The van der Waals surface area contributed by atoms with Crippen molar-refractivity contribution < 1.29 is 14.4 Å². The van der Waals surface area contributed by atoms with Crippen LogP contribution >= 0.6 is 0 Å². The Morgan fingerprint density at radius 3 is 2.56 bits per heavy atom. The molecule has 3 aliphatic heterocycles. The number of carbonyl (C=O) groups is 3. The Hall–Kier alpha value is -2.70. The molecule has 3 amide bonds. The fourth-order valence-corrected chi connectivity index (χ4v) is 4.28. The molecule has 3 aliphatic rings. The first kappa shape index (κ1) is 17.7. The molecule has 1 aromatic rings. The molecule has 2 fully saturated rings. The predicted molar refractivity (Wildman–Crippen MR) is 100 cm³/mol. The number of hydrogen-bond donors (Lipinski definition) is 1. The van der Waals surface area contributed by atoms with Gasteiger partial charge in [0.15, 0.2) is 0 Å². The Morgan fingerprint density at radius 1 is 1.22 bits per heavy atom. The second-order valence-electron chi connectivity index (χ2n) is 7.65. The van der Waals surface area contributed by atoms with Crippen LogP contribution in [0.1, 0.15) is 37.7 Å². The van der Waals surface area contributed by atoms with Gasteiger partial charge in [0, 0.05) is 32.0 Å². The molecular formula is C20H24N4O3. The topological polar surface area (TPSA) is 82.1 Å². The largest absolute Gasteiger partial charge is 0.341 e. The summed E-state index contributed by atoms with van der Waals surface area (Å²) in [6, 6.07) is 9.97. The Balaban J connectivity index is 1.34. The monoisotopic (exact) mass is 368 g/mol. The molecular weight excluding hydrogens is 344 g/mol. The van der Waals surface area contributed by atoms with Crippen LogP contribution in [0, 0.1) is 0 Å². The Morgan fingerprint density at radius 2 is 1.93 bits per heavy atom. The Labute approximate surface area is 158 Å². The van der Waals surface area contributed by atoms with Crippen LogP contribution in [0.5, 0.6) is 0 Å². The Kier molecular flexibility index (Phi) is 4.45. The Bertz CT molecular complexity index is 797. The summed E-state index contributed by atoms with van der Waals surface area (Å²) in [4.78, 5) is 45.1. The minimum Gasteiger partial charge on any atom is -0.341 e. The van der Waals surface area contributed by atoms with Gasteiger partial charge in [-0.3, -0.25) is 19.4 Å². The lowest BCUT2D eigenvalue weighted by Crippen LogP contribution is -2.52. The van der Waals surface area contributed by atoms with E-state index < -0.39 is 5.54 Å². The lowest BCUT2D eigenvalue weighted by atomic mass is 9.88. The first-order valence-corrected chi connectivity index (χ1v) is 9.45. The molecule has 1 N–H and O–H groups in total. The average Bonchev–Trinajstić information content (AvgIpc) is 3.16. The van der Waals surface area contributed by atoms with Crippen LogP contribution in [0.2, 0.25) is 0 Å². The maximum atomic E-state index is 12.7. The lowest BCUT2D eigenvalue weighted by Gasteiger charge is -2.36. The SMILES string of the molecule is CC1=NC2(CCN(C(=O)CN3CC(c4ccccc4)CC3=O)CC2)C(=O)N1. The van der Waals surface area contributed by atoms with Crippen molar-refractivity contribution in [1.29, 1.82) is 0 Å². The van der Waals surface area contributed by atoms with Crippen LogP contribution < -0.4 is 5.32 Å². The van der Waals surface area contributed by atoms with Gasteiger partial charge < -0.3 is 15.1 Å². The fourth-order valence-electron chi connectivity index (χ4n) is 4.28. The number of piperidine rings is 1. The first-order chi connectivity index (χ1) is 13.0. The molecule has 142 valence electrons. The van der Waals surface area contributed by atoms with Gasteiger partial charge in [-0.25, -0.2) is 0 Å². The van der Waals surface area contributed by atoms with Gasteiger partial charge in [0.2, 0.25) is 11.8 Å². The van der Waals surface area contributed by atoms with Crippen molar-refractivity contribution in [2.45, 2.75) is 37.6 Å². The van der Waals surface area contributed by atoms with Gasteiger partial charge in [0.25, 0.3) is 5.91 Å². The smallest absolute Gasteiger partial charge is 0.253 e. The van der Waals surface area contributed by atoms with Gasteiger partial charge >= 0.3 is 0 Å². The van der Waals surface area contributed by atoms with E-state index in [1.807, 2.05) is 30.3 Å². The normalized spacial score (nSPS) is 24.3. The summed E-state index contributed by atoms with van der Waals surface area (Å²) in [5.41, 5.74) is 0.434. The highest BCUT2D eigenvalue weighted by Crippen LogP contribution is 2.31. The van der Waals surface area contributed by atoms with E-state index in [2.05, 4.69) is 10.3 Å². The molecule has 0 saturated carbocycles. The van der Waals surface area contributed by atoms with Crippen molar-refractivity contribution in [2.75, 3.05) is 26.2 Å². The molecule has 7 heteroatoms. The molecule has 2 saturated heterocycles. The molecule has 0 aliphatic carbocycles. The van der Waals surface area contributed by atoms with Crippen molar-refractivity contribution in [3.63, 3.8) is 0 Å². The minimum absolute atomic E-state index is 0.0288. The van der Waals surface area contributed by atoms with Gasteiger partial charge in [-0.2, -0.15) is 0 Å². The number of nitrogens with one attached hydrogen (secondary N) is 1. The van der Waals surface area contributed by atoms with Crippen molar-refractivity contribution in [2.24, 2.45) is 4.99 Å². The zero-order chi connectivity index (χ0) is 19.0. The molecule has 0 aromatic heterocycles. The van der Waals surface area contributed by atoms with Gasteiger partial charge in [0.1, 0.15) is 11.4 Å². The lowest BCUT2D eigenvalue weighted by molar-refractivity contribution is -0.140. The van der Waals surface area contributed by atoms with Crippen LogP contribution in [0.4, 0.5) is 0 Å². The number of likely N-dealkylation sites (tertiary alicyclic amines) is 2. The van der Waals surface area contributed by atoms with E-state index in [0.29, 0.717) is 44.7 Å². The number of rotatable bonds is 3. The van der Waals surface area contributed by atoms with Crippen LogP contribution in [0.3, 0.4) is 0 Å². The van der Waals surface area contributed by atoms with E-state index in [-0.39, 0.29) is 30.2 Å². The minimum atomic E-state index is -0.706. The summed E-state index contributed by atoms with van der Waals surface area (Å²) >= 11 is 0. The van der Waals surface area contributed by atoms with E-state index in [0.717, 1.165) is 5.56 Å². The highest BCUT2D eigenvalue weighted by atomic mass is 16.2. The van der Waals surface area contributed by atoms with E-state index in [4.69, 9.17) is 0 Å². The second-order valence-corrected chi connectivity index (χ2v) is 7.65. The molecule has 0 radical (unpaired) electrons. The molecule has 1 spiro atoms. The number of benzene rings is 1. The van der Waals surface area contributed by atoms with E-state index >= 15 is 0 Å². The second kappa shape index (κ2) is 6.79. The number of amidine groups is 1. The van der Waals surface area contributed by atoms with Crippen LogP contribution in [0.15, 0.2) is 35.3 Å². The van der Waals surface area contributed by atoms with Gasteiger partial charge in [0.05, 0.1) is 6.54 Å². The zero-order valence-electron chi connectivity index (χ0n) is 15.5. The number of nitrogens with zero attached hydrogens (tertiary/aromatic N) is 3. The van der Waals surface area contributed by atoms with Crippen LogP contribution in [-0.4, -0.2) is 65.1 Å². The third-order valence-corrected chi connectivity index (χ3v) is 5.85. The third kappa shape index (κ3) is 3.34. The van der Waals surface area contributed by atoms with Crippen molar-refractivity contribution in [3.8, 4) is 0 Å². The van der Waals surface area contributed by atoms with Gasteiger partial charge in [-0.15, -0.1) is 0 Å². The van der Waals surface area contributed by atoms with Crippen molar-refractivity contribution in [3.05, 3.63) is 35.9 Å². The average molecular weight is 368 g/mol. The van der Waals surface area contributed by atoms with Gasteiger partial charge in [-0.1, -0.05) is 30.3 Å². The summed E-state index contributed by atoms with van der Waals surface area (Å²) in [6.45, 7) is 3.47. The summed E-state index contributed by atoms with van der Waals surface area (Å²) in [7, 11) is 0. The summed E-state index contributed by atoms with van der Waals surface area (Å²) in [5, 5.41) is 2.76. The van der Waals surface area contributed by atoms with E-state index in [9.17, 15) is 14.4 Å². The molecule has 1 aromatic carbocycles. The highest BCUT2D eigenvalue weighted by molar-refractivity contribution is 6.07. The zero-order valence-corrected chi connectivity index (χ0v) is 15.5. The summed E-state index contributed by atoms with van der Waals surface area (Å²) in [5.74, 6) is 0.713. The fraction of sp³-hybridized carbons (Fsp3) is 0.500. The molecule has 4 rings (SSSR count). The van der Waals surface area contributed by atoms with Crippen LogP contribution in [-0.2, 0) is 14.4 Å². The molecule has 27 heavy (non-hydrogen) atoms. The number of carbonyl (C=O) groups excluding carboxylic acids is 3. The predicted octanol–water partition coefficient (Wildman–Crippen LogP) is 0.912. The first-order valence-electron chi connectivity index (χ1n) is 9.45. The third-order valence-electron chi connectivity index (χ3n) is 5.85. The highest BCUT2D eigenvalue weighted by Gasteiger charge is 2.45. The standard InChI is InChI=1S/C20H24N4O3/c1-14-21-19(27)20(22-14)7-9-23(10-8-20)18(26)13-24-12-16(11-17(24)25)15-5-3-2-4-6-15/h2-6,16H,7-13H2,1H3,(H,21,22,27). The molecule has 1 unspecified atom stereocenters. The van der Waals surface area contributed by atoms with Crippen molar-refractivity contribution >= 4 is 23.6 Å². The molecule has 3 heterocycles. The van der Waals surface area contributed by atoms with Crippen molar-refractivity contribution in [1.82, 2.24) is 15.1 Å². The molecule has 0 bridgehead atoms. The van der Waals surface area contributed by atoms with Crippen LogP contribution in [0.25, 0.3) is 0 Å². The maximum absolute atomic E-state index is 12.7. The van der Waals surface area contributed by atoms with E-state index in [1.165, 1.54) is 0 Å². The maximum Gasteiger partial charge on any atom is 0.253 e. The molecule has 7 nitrogen and oxygen atoms in total. The number of aliphatic imine (C=N–C) groups is 1.